The molecule has 0 atom stereocenters. The van der Waals surface area contributed by atoms with E-state index in [2.05, 4.69) is 18.8 Å². The number of ether oxygens (including phenoxy) is 1. The van der Waals surface area contributed by atoms with Crippen molar-refractivity contribution in [3.8, 4) is 0 Å². The predicted octanol–water partition coefficient (Wildman–Crippen LogP) is 5.45. The number of aromatic nitrogens is 1. The third-order valence-electron chi connectivity index (χ3n) is 4.64. The minimum atomic E-state index is -0.514. The van der Waals surface area contributed by atoms with Gasteiger partial charge in [0.05, 0.1) is 0 Å². The molecule has 0 spiro atoms. The first-order valence-corrected chi connectivity index (χ1v) is 9.14. The molecule has 5 heteroatoms. The van der Waals surface area contributed by atoms with E-state index in [1.807, 2.05) is 45.2 Å². The molecule has 26 heavy (non-hydrogen) atoms. The fraction of sp³-hybridized carbons (Fsp3) is 0.476. The molecule has 0 aliphatic carbocycles. The second kappa shape index (κ2) is 6.78. The van der Waals surface area contributed by atoms with Crippen molar-refractivity contribution in [2.24, 2.45) is 0 Å². The van der Waals surface area contributed by atoms with Crippen molar-refractivity contribution in [3.05, 3.63) is 41.3 Å². The van der Waals surface area contributed by atoms with Crippen molar-refractivity contribution in [1.82, 2.24) is 9.88 Å². The number of halogens is 1. The van der Waals surface area contributed by atoms with Crippen molar-refractivity contribution in [2.75, 3.05) is 13.1 Å². The lowest BCUT2D eigenvalue weighted by Gasteiger charge is -2.29. The summed E-state index contributed by atoms with van der Waals surface area (Å²) in [5, 5.41) is 0.674. The largest absolute Gasteiger partial charge is 0.444 e. The molecular weight excluding hydrogens is 331 g/mol. The van der Waals surface area contributed by atoms with Crippen LogP contribution in [-0.4, -0.2) is 34.7 Å². The number of carbonyl (C=O) groups excluding carboxylic acids is 1. The van der Waals surface area contributed by atoms with Gasteiger partial charge in [0.15, 0.2) is 0 Å². The Morgan fingerprint density at radius 3 is 2.62 bits per heavy atom. The highest BCUT2D eigenvalue weighted by atomic mass is 19.1. The number of aromatic amines is 1. The van der Waals surface area contributed by atoms with Gasteiger partial charge in [0.2, 0.25) is 0 Å². The first-order chi connectivity index (χ1) is 12.2. The summed E-state index contributed by atoms with van der Waals surface area (Å²) >= 11 is 0. The van der Waals surface area contributed by atoms with Crippen molar-refractivity contribution < 1.29 is 13.9 Å². The molecule has 0 saturated heterocycles. The van der Waals surface area contributed by atoms with Gasteiger partial charge in [-0.05, 0) is 56.4 Å². The van der Waals surface area contributed by atoms with Crippen LogP contribution in [0.3, 0.4) is 0 Å². The molecule has 0 unspecified atom stereocenters. The molecule has 1 N–H and O–H groups in total. The molecule has 1 aromatic heterocycles. The molecule has 0 fully saturated rings. The Morgan fingerprint density at radius 1 is 1.31 bits per heavy atom. The number of nitrogens with zero attached hydrogens (tertiary/aromatic N) is 1. The van der Waals surface area contributed by atoms with Crippen LogP contribution in [0.15, 0.2) is 24.4 Å². The molecule has 1 aliphatic rings. The number of amides is 1. The monoisotopic (exact) mass is 358 g/mol. The number of benzene rings is 1. The van der Waals surface area contributed by atoms with Crippen molar-refractivity contribution in [1.29, 1.82) is 0 Å². The van der Waals surface area contributed by atoms with E-state index in [4.69, 9.17) is 4.74 Å². The van der Waals surface area contributed by atoms with Gasteiger partial charge in [0.25, 0.3) is 0 Å². The van der Waals surface area contributed by atoms with Gasteiger partial charge >= 0.3 is 6.09 Å². The average Bonchev–Trinajstić information content (AvgIpc) is 2.99. The lowest BCUT2D eigenvalue weighted by atomic mass is 9.95. The normalized spacial score (nSPS) is 15.5. The molecule has 2 aromatic rings. The molecule has 2 heterocycles. The maximum atomic E-state index is 15.2. The predicted molar refractivity (Wildman–Crippen MR) is 103 cm³/mol. The molecule has 0 bridgehead atoms. The molecule has 0 radical (unpaired) electrons. The Balaban J connectivity index is 1.86. The fourth-order valence-corrected chi connectivity index (χ4v) is 3.32. The van der Waals surface area contributed by atoms with Crippen LogP contribution in [0.25, 0.3) is 16.5 Å². The zero-order valence-electron chi connectivity index (χ0n) is 16.1. The van der Waals surface area contributed by atoms with Gasteiger partial charge in [-0.2, -0.15) is 0 Å². The summed E-state index contributed by atoms with van der Waals surface area (Å²) in [7, 11) is 0. The van der Waals surface area contributed by atoms with Crippen molar-refractivity contribution in [3.63, 3.8) is 0 Å². The van der Waals surface area contributed by atoms with Crippen LogP contribution in [0.2, 0.25) is 0 Å². The van der Waals surface area contributed by atoms with Gasteiger partial charge < -0.3 is 14.6 Å². The first-order valence-electron chi connectivity index (χ1n) is 9.14. The minimum Gasteiger partial charge on any atom is -0.444 e. The van der Waals surface area contributed by atoms with Crippen LogP contribution in [0.5, 0.6) is 0 Å². The lowest BCUT2D eigenvalue weighted by molar-refractivity contribution is 0.0270. The van der Waals surface area contributed by atoms with Gasteiger partial charge in [0, 0.05) is 35.8 Å². The van der Waals surface area contributed by atoms with E-state index in [-0.39, 0.29) is 17.8 Å². The van der Waals surface area contributed by atoms with Gasteiger partial charge in [-0.1, -0.05) is 19.9 Å². The maximum Gasteiger partial charge on any atom is 0.410 e. The topological polar surface area (TPSA) is 45.3 Å². The fourth-order valence-electron chi connectivity index (χ4n) is 3.32. The van der Waals surface area contributed by atoms with E-state index in [1.54, 1.807) is 4.90 Å². The minimum absolute atomic E-state index is 0.176. The van der Waals surface area contributed by atoms with Gasteiger partial charge in [-0.3, -0.25) is 0 Å². The molecule has 1 amide bonds. The van der Waals surface area contributed by atoms with Crippen LogP contribution < -0.4 is 0 Å². The van der Waals surface area contributed by atoms with E-state index in [9.17, 15) is 4.79 Å². The zero-order chi connectivity index (χ0) is 19.1. The summed E-state index contributed by atoms with van der Waals surface area (Å²) in [5.74, 6) is 0.0703. The highest BCUT2D eigenvalue weighted by molar-refractivity contribution is 5.88. The Kier molecular flexibility index (Phi) is 4.82. The van der Waals surface area contributed by atoms with E-state index in [1.165, 1.54) is 0 Å². The highest BCUT2D eigenvalue weighted by Gasteiger charge is 2.25. The van der Waals surface area contributed by atoms with Crippen LogP contribution in [-0.2, 0) is 4.74 Å². The lowest BCUT2D eigenvalue weighted by Crippen LogP contribution is -2.39. The summed E-state index contributed by atoms with van der Waals surface area (Å²) in [6.45, 7) is 10.6. The third-order valence-corrected chi connectivity index (χ3v) is 4.64. The number of fused-ring (bicyclic) bond motifs is 1. The average molecular weight is 358 g/mol. The molecule has 0 saturated carbocycles. The number of nitrogens with one attached hydrogen (secondary N) is 1. The number of carbonyl (C=O) groups is 1. The molecule has 4 nitrogen and oxygen atoms in total. The Bertz CT molecular complexity index is 859. The number of hydrogen-bond donors (Lipinski definition) is 1. The quantitative estimate of drug-likeness (QED) is 0.775. The van der Waals surface area contributed by atoms with E-state index in [0.717, 1.165) is 16.7 Å². The van der Waals surface area contributed by atoms with Crippen molar-refractivity contribution in [2.45, 2.75) is 52.6 Å². The molecule has 1 aliphatic heterocycles. The summed E-state index contributed by atoms with van der Waals surface area (Å²) in [6, 6.07) is 3.76. The molecule has 3 rings (SSSR count). The van der Waals surface area contributed by atoms with Crippen LogP contribution in [0.1, 0.15) is 58.1 Å². The summed E-state index contributed by atoms with van der Waals surface area (Å²) in [6.07, 6.45) is 4.11. The van der Waals surface area contributed by atoms with E-state index >= 15 is 4.39 Å². The maximum absolute atomic E-state index is 15.2. The Labute approximate surface area is 154 Å². The van der Waals surface area contributed by atoms with E-state index < -0.39 is 5.60 Å². The van der Waals surface area contributed by atoms with E-state index in [0.29, 0.717) is 30.5 Å². The second-order valence-electron chi connectivity index (χ2n) is 8.15. The standard InChI is InChI=1S/C21H27FN2O2/c1-13(2)16-12-23-17-7-6-15(19(22)18(16)17)14-8-10-24(11-9-14)20(25)26-21(3,4)5/h6-8,12-13,23H,9-11H2,1-5H3. The number of H-pyrrole nitrogens is 1. The number of hydrogen-bond acceptors (Lipinski definition) is 2. The van der Waals surface area contributed by atoms with Crippen molar-refractivity contribution >= 4 is 22.6 Å². The first kappa shape index (κ1) is 18.5. The van der Waals surface area contributed by atoms with Crippen LogP contribution >= 0.6 is 0 Å². The Morgan fingerprint density at radius 2 is 2.04 bits per heavy atom. The Hall–Kier alpha value is -2.30. The summed E-state index contributed by atoms with van der Waals surface area (Å²) < 4.78 is 20.6. The van der Waals surface area contributed by atoms with Gasteiger partial charge in [-0.25, -0.2) is 9.18 Å². The van der Waals surface area contributed by atoms with Gasteiger partial charge in [0.1, 0.15) is 11.4 Å². The third kappa shape index (κ3) is 3.62. The smallest absolute Gasteiger partial charge is 0.410 e. The molecular formula is C21H27FN2O2. The zero-order valence-corrected chi connectivity index (χ0v) is 16.1. The summed E-state index contributed by atoms with van der Waals surface area (Å²) in [5.41, 5.74) is 2.87. The van der Waals surface area contributed by atoms with Crippen LogP contribution in [0, 0.1) is 5.82 Å². The summed E-state index contributed by atoms with van der Waals surface area (Å²) in [4.78, 5) is 17.0. The SMILES string of the molecule is CC(C)c1c[nH]c2ccc(C3=CCN(C(=O)OC(C)(C)C)CC3)c(F)c12. The second-order valence-corrected chi connectivity index (χ2v) is 8.15. The highest BCUT2D eigenvalue weighted by Crippen LogP contribution is 2.33. The van der Waals surface area contributed by atoms with Gasteiger partial charge in [-0.15, -0.1) is 0 Å². The number of rotatable bonds is 2. The molecule has 140 valence electrons. The van der Waals surface area contributed by atoms with Crippen LogP contribution in [0.4, 0.5) is 9.18 Å². The molecule has 1 aromatic carbocycles.